The third kappa shape index (κ3) is 3.00. The number of hydrogen-bond donors (Lipinski definition) is 0. The highest BCUT2D eigenvalue weighted by atomic mass is 35.5. The van der Waals surface area contributed by atoms with E-state index in [2.05, 4.69) is 4.90 Å². The van der Waals surface area contributed by atoms with Gasteiger partial charge in [-0.15, -0.1) is 0 Å². The molecule has 2 aromatic carbocycles. The Kier molecular flexibility index (Phi) is 4.17. The molecule has 0 amide bonds. The SMILES string of the molecule is O=[N+]([O-])c1ccc(C2CN=C(N3CCCC3)c3ccc(Cl)cc32)cc1. The summed E-state index contributed by atoms with van der Waals surface area (Å²) in [6.45, 7) is 2.73. The Morgan fingerprint density at radius 3 is 2.52 bits per heavy atom. The van der Waals surface area contributed by atoms with Crippen molar-refractivity contribution in [3.05, 3.63) is 74.3 Å². The topological polar surface area (TPSA) is 58.7 Å². The largest absolute Gasteiger partial charge is 0.356 e. The van der Waals surface area contributed by atoms with Gasteiger partial charge in [-0.3, -0.25) is 15.1 Å². The molecular formula is C19H18ClN3O2. The van der Waals surface area contributed by atoms with Gasteiger partial charge in [0.05, 0.1) is 11.5 Å². The molecule has 0 N–H and O–H groups in total. The summed E-state index contributed by atoms with van der Waals surface area (Å²) >= 11 is 6.26. The number of amidine groups is 1. The van der Waals surface area contributed by atoms with Crippen LogP contribution in [0.2, 0.25) is 5.02 Å². The van der Waals surface area contributed by atoms with Gasteiger partial charge in [0.2, 0.25) is 0 Å². The van der Waals surface area contributed by atoms with E-state index in [1.165, 1.54) is 12.8 Å². The molecule has 1 saturated heterocycles. The molecule has 128 valence electrons. The predicted octanol–water partition coefficient (Wildman–Crippen LogP) is 4.24. The molecule has 0 aliphatic carbocycles. The average Bonchev–Trinajstić information content (AvgIpc) is 3.15. The van der Waals surface area contributed by atoms with Crippen LogP contribution < -0.4 is 0 Å². The molecule has 0 saturated carbocycles. The maximum Gasteiger partial charge on any atom is 0.269 e. The lowest BCUT2D eigenvalue weighted by atomic mass is 9.85. The van der Waals surface area contributed by atoms with Crippen LogP contribution in [-0.4, -0.2) is 35.3 Å². The van der Waals surface area contributed by atoms with Crippen molar-refractivity contribution in [3.8, 4) is 0 Å². The Balaban J connectivity index is 1.73. The van der Waals surface area contributed by atoms with Crippen LogP contribution in [-0.2, 0) is 0 Å². The number of nitro groups is 1. The summed E-state index contributed by atoms with van der Waals surface area (Å²) in [4.78, 5) is 17.7. The molecule has 0 bridgehead atoms. The smallest absolute Gasteiger partial charge is 0.269 e. The highest BCUT2D eigenvalue weighted by molar-refractivity contribution is 6.30. The van der Waals surface area contributed by atoms with Crippen molar-refractivity contribution in [2.75, 3.05) is 19.6 Å². The molecule has 5 nitrogen and oxygen atoms in total. The second kappa shape index (κ2) is 6.48. The number of halogens is 1. The molecule has 0 aromatic heterocycles. The summed E-state index contributed by atoms with van der Waals surface area (Å²) in [6.07, 6.45) is 2.40. The number of rotatable bonds is 2. The molecule has 6 heteroatoms. The third-order valence-electron chi connectivity index (χ3n) is 4.97. The van der Waals surface area contributed by atoms with E-state index >= 15 is 0 Å². The monoisotopic (exact) mass is 355 g/mol. The predicted molar refractivity (Wildman–Crippen MR) is 98.6 cm³/mol. The number of nitrogens with zero attached hydrogens (tertiary/aromatic N) is 3. The number of likely N-dealkylation sites (tertiary alicyclic amines) is 1. The van der Waals surface area contributed by atoms with Gasteiger partial charge in [-0.2, -0.15) is 0 Å². The van der Waals surface area contributed by atoms with Crippen LogP contribution in [0.1, 0.15) is 35.4 Å². The Bertz CT molecular complexity index is 842. The van der Waals surface area contributed by atoms with Gasteiger partial charge in [0.1, 0.15) is 5.84 Å². The molecule has 2 heterocycles. The van der Waals surface area contributed by atoms with Crippen LogP contribution in [0.15, 0.2) is 47.5 Å². The molecule has 2 aliphatic rings. The number of non-ortho nitro benzene ring substituents is 1. The number of aliphatic imine (C=N–C) groups is 1. The summed E-state index contributed by atoms with van der Waals surface area (Å²) < 4.78 is 0. The Morgan fingerprint density at radius 1 is 1.12 bits per heavy atom. The van der Waals surface area contributed by atoms with E-state index < -0.39 is 0 Å². The normalized spacial score (nSPS) is 19.5. The van der Waals surface area contributed by atoms with Gasteiger partial charge in [-0.25, -0.2) is 0 Å². The molecule has 1 atom stereocenters. The van der Waals surface area contributed by atoms with E-state index in [0.717, 1.165) is 35.6 Å². The standard InChI is InChI=1S/C19H18ClN3O2/c20-14-5-8-16-17(11-14)18(12-21-19(16)22-9-1-2-10-22)13-3-6-15(7-4-13)23(24)25/h3-8,11,18H,1-2,9-10,12H2. The molecule has 25 heavy (non-hydrogen) atoms. The molecule has 2 aromatic rings. The summed E-state index contributed by atoms with van der Waals surface area (Å²) in [5, 5.41) is 11.6. The molecular weight excluding hydrogens is 338 g/mol. The van der Waals surface area contributed by atoms with E-state index in [0.29, 0.717) is 11.6 Å². The zero-order chi connectivity index (χ0) is 17.4. The van der Waals surface area contributed by atoms with Crippen molar-refractivity contribution >= 4 is 23.1 Å². The maximum atomic E-state index is 10.9. The van der Waals surface area contributed by atoms with E-state index in [-0.39, 0.29) is 16.5 Å². The van der Waals surface area contributed by atoms with Crippen LogP contribution in [0, 0.1) is 10.1 Å². The quantitative estimate of drug-likeness (QED) is 0.598. The van der Waals surface area contributed by atoms with Crippen LogP contribution in [0.5, 0.6) is 0 Å². The lowest BCUT2D eigenvalue weighted by Crippen LogP contribution is -2.33. The zero-order valence-electron chi connectivity index (χ0n) is 13.7. The van der Waals surface area contributed by atoms with Gasteiger partial charge in [0.15, 0.2) is 0 Å². The minimum absolute atomic E-state index is 0.0702. The fourth-order valence-corrected chi connectivity index (χ4v) is 3.88. The van der Waals surface area contributed by atoms with Gasteiger partial charge < -0.3 is 4.90 Å². The van der Waals surface area contributed by atoms with Crippen molar-refractivity contribution in [1.29, 1.82) is 0 Å². The first-order valence-electron chi connectivity index (χ1n) is 8.47. The summed E-state index contributed by atoms with van der Waals surface area (Å²) in [6, 6.07) is 12.7. The second-order valence-corrected chi connectivity index (χ2v) is 6.93. The summed E-state index contributed by atoms with van der Waals surface area (Å²) in [7, 11) is 0. The average molecular weight is 356 g/mol. The van der Waals surface area contributed by atoms with Gasteiger partial charge in [0.25, 0.3) is 5.69 Å². The molecule has 1 unspecified atom stereocenters. The fraction of sp³-hybridized carbons (Fsp3) is 0.316. The number of hydrogen-bond acceptors (Lipinski definition) is 4. The van der Waals surface area contributed by atoms with Crippen molar-refractivity contribution in [1.82, 2.24) is 4.90 Å². The van der Waals surface area contributed by atoms with Crippen molar-refractivity contribution in [2.24, 2.45) is 4.99 Å². The van der Waals surface area contributed by atoms with Gasteiger partial charge in [0, 0.05) is 41.7 Å². The number of nitro benzene ring substituents is 1. The van der Waals surface area contributed by atoms with E-state index in [9.17, 15) is 10.1 Å². The highest BCUT2D eigenvalue weighted by Gasteiger charge is 2.28. The lowest BCUT2D eigenvalue weighted by molar-refractivity contribution is -0.384. The Hall–Kier alpha value is -2.40. The van der Waals surface area contributed by atoms with Crippen molar-refractivity contribution in [3.63, 3.8) is 0 Å². The Morgan fingerprint density at radius 2 is 1.84 bits per heavy atom. The lowest BCUT2D eigenvalue weighted by Gasteiger charge is -2.30. The first kappa shape index (κ1) is 16.1. The molecule has 4 rings (SSSR count). The zero-order valence-corrected chi connectivity index (χ0v) is 14.4. The van der Waals surface area contributed by atoms with Gasteiger partial charge in [-0.05, 0) is 42.2 Å². The third-order valence-corrected chi connectivity index (χ3v) is 5.20. The van der Waals surface area contributed by atoms with Crippen molar-refractivity contribution < 1.29 is 4.92 Å². The highest BCUT2D eigenvalue weighted by Crippen LogP contribution is 2.35. The van der Waals surface area contributed by atoms with Crippen LogP contribution in [0.4, 0.5) is 5.69 Å². The van der Waals surface area contributed by atoms with Gasteiger partial charge >= 0.3 is 0 Å². The Labute approximate surface area is 151 Å². The summed E-state index contributed by atoms with van der Waals surface area (Å²) in [5.41, 5.74) is 3.41. The minimum atomic E-state index is -0.376. The maximum absolute atomic E-state index is 10.9. The molecule has 1 fully saturated rings. The van der Waals surface area contributed by atoms with Crippen LogP contribution in [0.25, 0.3) is 0 Å². The van der Waals surface area contributed by atoms with E-state index in [1.807, 2.05) is 30.3 Å². The minimum Gasteiger partial charge on any atom is -0.356 e. The molecule has 2 aliphatic heterocycles. The second-order valence-electron chi connectivity index (χ2n) is 6.49. The number of fused-ring (bicyclic) bond motifs is 1. The molecule has 0 radical (unpaired) electrons. The first-order valence-corrected chi connectivity index (χ1v) is 8.85. The van der Waals surface area contributed by atoms with Crippen LogP contribution in [0.3, 0.4) is 0 Å². The van der Waals surface area contributed by atoms with Crippen molar-refractivity contribution in [2.45, 2.75) is 18.8 Å². The van der Waals surface area contributed by atoms with Crippen LogP contribution >= 0.6 is 11.6 Å². The fourth-order valence-electron chi connectivity index (χ4n) is 3.70. The number of benzene rings is 2. The first-order chi connectivity index (χ1) is 12.1. The van der Waals surface area contributed by atoms with Gasteiger partial charge in [-0.1, -0.05) is 23.7 Å². The summed E-state index contributed by atoms with van der Waals surface area (Å²) in [5.74, 6) is 1.13. The van der Waals surface area contributed by atoms with E-state index in [4.69, 9.17) is 16.6 Å². The molecule has 0 spiro atoms. The van der Waals surface area contributed by atoms with E-state index in [1.54, 1.807) is 12.1 Å².